The maximum atomic E-state index is 9.84. The Bertz CT molecular complexity index is 390. The second-order valence-electron chi connectivity index (χ2n) is 5.29. The zero-order valence-electron chi connectivity index (χ0n) is 11.6. The SMILES string of the molecule is CCCc1[nH]c(C2CN(C)CCCN2C)nc1O. The van der Waals surface area contributed by atoms with Crippen LogP contribution in [0.4, 0.5) is 0 Å². The van der Waals surface area contributed by atoms with E-state index in [-0.39, 0.29) is 11.9 Å². The Morgan fingerprint density at radius 2 is 2.17 bits per heavy atom. The summed E-state index contributed by atoms with van der Waals surface area (Å²) >= 11 is 0. The molecule has 1 aliphatic rings. The number of nitrogens with zero attached hydrogens (tertiary/aromatic N) is 3. The molecule has 1 unspecified atom stereocenters. The van der Waals surface area contributed by atoms with E-state index < -0.39 is 0 Å². The predicted molar refractivity (Wildman–Crippen MR) is 71.7 cm³/mol. The molecule has 2 N–H and O–H groups in total. The van der Waals surface area contributed by atoms with Crippen molar-refractivity contribution in [1.82, 2.24) is 19.8 Å². The number of hydrogen-bond acceptors (Lipinski definition) is 4. The Morgan fingerprint density at radius 3 is 2.89 bits per heavy atom. The van der Waals surface area contributed by atoms with Gasteiger partial charge in [-0.05, 0) is 40.0 Å². The summed E-state index contributed by atoms with van der Waals surface area (Å²) in [6.07, 6.45) is 3.04. The van der Waals surface area contributed by atoms with E-state index in [0.29, 0.717) is 0 Å². The number of rotatable bonds is 3. The zero-order chi connectivity index (χ0) is 13.1. The van der Waals surface area contributed by atoms with Crippen molar-refractivity contribution >= 4 is 0 Å². The molecule has 18 heavy (non-hydrogen) atoms. The minimum absolute atomic E-state index is 0.173. The van der Waals surface area contributed by atoms with E-state index in [9.17, 15) is 5.11 Å². The van der Waals surface area contributed by atoms with Crippen LogP contribution < -0.4 is 0 Å². The molecule has 1 aliphatic heterocycles. The zero-order valence-corrected chi connectivity index (χ0v) is 11.6. The summed E-state index contributed by atoms with van der Waals surface area (Å²) in [6, 6.07) is 0.244. The molecule has 1 saturated heterocycles. The molecule has 0 bridgehead atoms. The summed E-state index contributed by atoms with van der Waals surface area (Å²) in [6.45, 7) is 5.25. The van der Waals surface area contributed by atoms with Crippen molar-refractivity contribution in [2.45, 2.75) is 32.2 Å². The van der Waals surface area contributed by atoms with Crippen LogP contribution in [0.2, 0.25) is 0 Å². The van der Waals surface area contributed by atoms with Gasteiger partial charge >= 0.3 is 0 Å². The van der Waals surface area contributed by atoms with Gasteiger partial charge in [-0.1, -0.05) is 13.3 Å². The maximum Gasteiger partial charge on any atom is 0.232 e. The van der Waals surface area contributed by atoms with Crippen LogP contribution >= 0.6 is 0 Å². The van der Waals surface area contributed by atoms with Crippen LogP contribution in [0.3, 0.4) is 0 Å². The number of likely N-dealkylation sites (N-methyl/N-ethyl adjacent to an activating group) is 2. The van der Waals surface area contributed by atoms with Crippen molar-refractivity contribution < 1.29 is 5.11 Å². The van der Waals surface area contributed by atoms with Gasteiger partial charge in [0.2, 0.25) is 5.88 Å². The van der Waals surface area contributed by atoms with Crippen molar-refractivity contribution in [2.75, 3.05) is 33.7 Å². The fourth-order valence-corrected chi connectivity index (χ4v) is 2.57. The van der Waals surface area contributed by atoms with E-state index in [4.69, 9.17) is 0 Å². The Labute approximate surface area is 109 Å². The molecule has 0 aromatic carbocycles. The average molecular weight is 252 g/mol. The summed E-state index contributed by atoms with van der Waals surface area (Å²) in [7, 11) is 4.27. The van der Waals surface area contributed by atoms with E-state index in [1.54, 1.807) is 0 Å². The van der Waals surface area contributed by atoms with Crippen LogP contribution in [0, 0.1) is 0 Å². The first kappa shape index (κ1) is 13.4. The third-order valence-corrected chi connectivity index (χ3v) is 3.66. The van der Waals surface area contributed by atoms with Crippen LogP contribution in [0.1, 0.15) is 37.3 Å². The molecule has 2 rings (SSSR count). The standard InChI is InChI=1S/C13H24N4O/c1-4-6-10-13(18)15-12(14-10)11-9-16(2)7-5-8-17(11)3/h11,18H,4-9H2,1-3H3,(H,14,15). The van der Waals surface area contributed by atoms with Gasteiger partial charge in [-0.3, -0.25) is 4.90 Å². The topological polar surface area (TPSA) is 55.4 Å². The van der Waals surface area contributed by atoms with Gasteiger partial charge in [-0.25, -0.2) is 0 Å². The highest BCUT2D eigenvalue weighted by Gasteiger charge is 2.25. The molecule has 5 nitrogen and oxygen atoms in total. The molecule has 1 fully saturated rings. The molecular weight excluding hydrogens is 228 g/mol. The molecule has 1 atom stereocenters. The molecule has 0 radical (unpaired) electrons. The Balaban J connectivity index is 2.19. The Morgan fingerprint density at radius 1 is 1.39 bits per heavy atom. The van der Waals surface area contributed by atoms with Gasteiger partial charge in [0, 0.05) is 6.54 Å². The number of hydrogen-bond donors (Lipinski definition) is 2. The molecule has 5 heteroatoms. The fourth-order valence-electron chi connectivity index (χ4n) is 2.57. The lowest BCUT2D eigenvalue weighted by Gasteiger charge is -2.25. The summed E-state index contributed by atoms with van der Waals surface area (Å²) < 4.78 is 0. The summed E-state index contributed by atoms with van der Waals surface area (Å²) in [5, 5.41) is 9.84. The minimum atomic E-state index is 0.173. The quantitative estimate of drug-likeness (QED) is 0.853. The van der Waals surface area contributed by atoms with Crippen LogP contribution in [-0.2, 0) is 6.42 Å². The van der Waals surface area contributed by atoms with E-state index in [1.807, 2.05) is 0 Å². The Kier molecular flexibility index (Phi) is 4.24. The largest absolute Gasteiger partial charge is 0.492 e. The summed E-state index contributed by atoms with van der Waals surface area (Å²) in [5.74, 6) is 1.07. The Hall–Kier alpha value is -1.07. The van der Waals surface area contributed by atoms with Gasteiger partial charge in [0.25, 0.3) is 0 Å². The fraction of sp³-hybridized carbons (Fsp3) is 0.769. The molecule has 0 spiro atoms. The first-order valence-electron chi connectivity index (χ1n) is 6.78. The lowest BCUT2D eigenvalue weighted by molar-refractivity contribution is 0.220. The van der Waals surface area contributed by atoms with E-state index >= 15 is 0 Å². The van der Waals surface area contributed by atoms with Crippen molar-refractivity contribution in [3.63, 3.8) is 0 Å². The number of H-pyrrole nitrogens is 1. The second kappa shape index (κ2) is 5.71. The third-order valence-electron chi connectivity index (χ3n) is 3.66. The highest BCUT2D eigenvalue weighted by atomic mass is 16.3. The lowest BCUT2D eigenvalue weighted by atomic mass is 10.2. The molecule has 1 aromatic rings. The van der Waals surface area contributed by atoms with Crippen LogP contribution in [0.5, 0.6) is 5.88 Å². The van der Waals surface area contributed by atoms with Crippen LogP contribution in [0.15, 0.2) is 0 Å². The van der Waals surface area contributed by atoms with Crippen molar-refractivity contribution in [3.8, 4) is 5.88 Å². The molecule has 1 aromatic heterocycles. The van der Waals surface area contributed by atoms with Crippen molar-refractivity contribution in [1.29, 1.82) is 0 Å². The molecule has 0 amide bonds. The van der Waals surface area contributed by atoms with Gasteiger partial charge in [0.15, 0.2) is 0 Å². The van der Waals surface area contributed by atoms with Gasteiger partial charge in [-0.2, -0.15) is 4.98 Å². The van der Waals surface area contributed by atoms with Gasteiger partial charge in [0.05, 0.1) is 11.7 Å². The van der Waals surface area contributed by atoms with Crippen LogP contribution in [0.25, 0.3) is 0 Å². The molecular formula is C13H24N4O. The minimum Gasteiger partial charge on any atom is -0.492 e. The second-order valence-corrected chi connectivity index (χ2v) is 5.29. The van der Waals surface area contributed by atoms with Gasteiger partial charge in [-0.15, -0.1) is 0 Å². The van der Waals surface area contributed by atoms with Gasteiger partial charge in [0.1, 0.15) is 5.82 Å². The van der Waals surface area contributed by atoms with E-state index in [1.165, 1.54) is 6.42 Å². The molecule has 0 saturated carbocycles. The van der Waals surface area contributed by atoms with Crippen molar-refractivity contribution in [2.24, 2.45) is 0 Å². The molecule has 0 aliphatic carbocycles. The van der Waals surface area contributed by atoms with Crippen LogP contribution in [-0.4, -0.2) is 58.6 Å². The first-order valence-corrected chi connectivity index (χ1v) is 6.78. The number of nitrogens with one attached hydrogen (secondary N) is 1. The highest BCUT2D eigenvalue weighted by Crippen LogP contribution is 2.25. The van der Waals surface area contributed by atoms with E-state index in [2.05, 4.69) is 40.8 Å². The molecule has 102 valence electrons. The predicted octanol–water partition coefficient (Wildman–Crippen LogP) is 1.38. The third kappa shape index (κ3) is 2.84. The smallest absolute Gasteiger partial charge is 0.232 e. The number of aromatic amines is 1. The first-order chi connectivity index (χ1) is 8.61. The molecule has 2 heterocycles. The summed E-state index contributed by atoms with van der Waals surface area (Å²) in [5.41, 5.74) is 0.868. The highest BCUT2D eigenvalue weighted by molar-refractivity contribution is 5.21. The normalized spacial score (nSPS) is 23.2. The lowest BCUT2D eigenvalue weighted by Crippen LogP contribution is -2.31. The number of imidazole rings is 1. The monoisotopic (exact) mass is 252 g/mol. The van der Waals surface area contributed by atoms with Gasteiger partial charge < -0.3 is 15.0 Å². The number of aromatic hydroxyl groups is 1. The maximum absolute atomic E-state index is 9.84. The van der Waals surface area contributed by atoms with E-state index in [0.717, 1.165) is 44.0 Å². The summed E-state index contributed by atoms with van der Waals surface area (Å²) in [4.78, 5) is 12.3. The number of aromatic nitrogens is 2. The average Bonchev–Trinajstić information content (AvgIpc) is 2.58. The van der Waals surface area contributed by atoms with Crippen molar-refractivity contribution in [3.05, 3.63) is 11.5 Å². The number of aryl methyl sites for hydroxylation is 1.